The molecule has 2 nitrogen and oxygen atoms in total. The van der Waals surface area contributed by atoms with E-state index in [1.54, 1.807) is 6.07 Å². The average molecular weight is 275 g/mol. The summed E-state index contributed by atoms with van der Waals surface area (Å²) >= 11 is 0. The molecule has 1 aromatic rings. The second-order valence-corrected chi connectivity index (χ2v) is 5.53. The number of hydrogen-bond donors (Lipinski definition) is 1. The van der Waals surface area contributed by atoms with Crippen molar-refractivity contribution in [3.05, 3.63) is 35.4 Å². The van der Waals surface area contributed by atoms with Gasteiger partial charge in [0.05, 0.1) is 6.61 Å². The van der Waals surface area contributed by atoms with E-state index < -0.39 is 12.8 Å². The molecule has 0 aliphatic rings. The Labute approximate surface area is 112 Å². The van der Waals surface area contributed by atoms with Gasteiger partial charge < -0.3 is 10.1 Å². The monoisotopic (exact) mass is 275 g/mol. The maximum atomic E-state index is 12.0. The topological polar surface area (TPSA) is 21.3 Å². The van der Waals surface area contributed by atoms with Gasteiger partial charge in [0.15, 0.2) is 0 Å². The van der Waals surface area contributed by atoms with E-state index >= 15 is 0 Å². The first-order valence-electron chi connectivity index (χ1n) is 6.13. The van der Waals surface area contributed by atoms with E-state index in [1.807, 2.05) is 18.2 Å². The molecule has 5 heteroatoms. The van der Waals surface area contributed by atoms with E-state index in [1.165, 1.54) is 0 Å². The summed E-state index contributed by atoms with van der Waals surface area (Å²) in [6.45, 7) is 5.62. The highest BCUT2D eigenvalue weighted by molar-refractivity contribution is 5.23. The van der Waals surface area contributed by atoms with Gasteiger partial charge in [0.2, 0.25) is 0 Å². The number of nitrogens with one attached hydrogen (secondary N) is 1. The van der Waals surface area contributed by atoms with Crippen molar-refractivity contribution in [1.29, 1.82) is 0 Å². The molecule has 0 aliphatic carbocycles. The van der Waals surface area contributed by atoms with Gasteiger partial charge in [0.1, 0.15) is 6.61 Å². The summed E-state index contributed by atoms with van der Waals surface area (Å²) in [4.78, 5) is 0. The number of rotatable bonds is 5. The van der Waals surface area contributed by atoms with Gasteiger partial charge in [0.25, 0.3) is 0 Å². The van der Waals surface area contributed by atoms with E-state index in [4.69, 9.17) is 0 Å². The maximum absolute atomic E-state index is 12.0. The molecule has 0 aromatic heterocycles. The van der Waals surface area contributed by atoms with E-state index in [2.05, 4.69) is 30.8 Å². The maximum Gasteiger partial charge on any atom is 0.411 e. The first-order valence-corrected chi connectivity index (χ1v) is 6.13. The van der Waals surface area contributed by atoms with Gasteiger partial charge in [-0.3, -0.25) is 0 Å². The number of hydrogen-bond acceptors (Lipinski definition) is 2. The van der Waals surface area contributed by atoms with Crippen LogP contribution in [0.25, 0.3) is 0 Å². The molecule has 0 atom stereocenters. The highest BCUT2D eigenvalue weighted by atomic mass is 19.4. The van der Waals surface area contributed by atoms with Crippen molar-refractivity contribution in [2.45, 2.75) is 45.6 Å². The molecule has 0 bridgehead atoms. The van der Waals surface area contributed by atoms with Crippen molar-refractivity contribution in [2.24, 2.45) is 0 Å². The lowest BCUT2D eigenvalue weighted by molar-refractivity contribution is -0.176. The third-order valence-electron chi connectivity index (χ3n) is 2.35. The molecular formula is C14H20F3NO. The van der Waals surface area contributed by atoms with E-state index in [-0.39, 0.29) is 12.1 Å². The summed E-state index contributed by atoms with van der Waals surface area (Å²) in [7, 11) is 0. The normalized spacial score (nSPS) is 12.7. The van der Waals surface area contributed by atoms with Crippen LogP contribution in [0.2, 0.25) is 0 Å². The Kier molecular flexibility index (Phi) is 5.38. The van der Waals surface area contributed by atoms with Crippen LogP contribution in [0.3, 0.4) is 0 Å². The zero-order valence-corrected chi connectivity index (χ0v) is 11.5. The van der Waals surface area contributed by atoms with Crippen LogP contribution in [-0.2, 0) is 17.9 Å². The molecular weight excluding hydrogens is 255 g/mol. The number of halogens is 3. The summed E-state index contributed by atoms with van der Waals surface area (Å²) in [6, 6.07) is 7.38. The Morgan fingerprint density at radius 2 is 1.74 bits per heavy atom. The molecule has 0 spiro atoms. The second kappa shape index (κ2) is 6.39. The molecule has 1 rings (SSSR count). The lowest BCUT2D eigenvalue weighted by atomic mass is 10.1. The van der Waals surface area contributed by atoms with Crippen molar-refractivity contribution < 1.29 is 17.9 Å². The third kappa shape index (κ3) is 7.85. The predicted octanol–water partition coefficient (Wildman–Crippen LogP) is 3.65. The Morgan fingerprint density at radius 1 is 1.11 bits per heavy atom. The van der Waals surface area contributed by atoms with Gasteiger partial charge in [-0.25, -0.2) is 0 Å². The van der Waals surface area contributed by atoms with Crippen molar-refractivity contribution >= 4 is 0 Å². The molecule has 0 saturated heterocycles. The summed E-state index contributed by atoms with van der Waals surface area (Å²) in [5.41, 5.74) is 1.78. The summed E-state index contributed by atoms with van der Waals surface area (Å²) < 4.78 is 40.5. The lowest BCUT2D eigenvalue weighted by Gasteiger charge is -2.20. The van der Waals surface area contributed by atoms with E-state index in [9.17, 15) is 13.2 Å². The fraction of sp³-hybridized carbons (Fsp3) is 0.571. The third-order valence-corrected chi connectivity index (χ3v) is 2.35. The smallest absolute Gasteiger partial charge is 0.367 e. The largest absolute Gasteiger partial charge is 0.411 e. The molecule has 0 fully saturated rings. The first kappa shape index (κ1) is 16.0. The molecule has 0 aliphatic heterocycles. The molecule has 0 saturated carbocycles. The highest BCUT2D eigenvalue weighted by Gasteiger charge is 2.27. The molecule has 19 heavy (non-hydrogen) atoms. The van der Waals surface area contributed by atoms with Crippen LogP contribution in [0.1, 0.15) is 31.9 Å². The molecule has 0 unspecified atom stereocenters. The lowest BCUT2D eigenvalue weighted by Crippen LogP contribution is -2.35. The summed E-state index contributed by atoms with van der Waals surface area (Å²) in [5.74, 6) is 0. The number of ether oxygens (including phenoxy) is 1. The molecule has 108 valence electrons. The SMILES string of the molecule is CC(C)(C)NCc1cccc(COCC(F)(F)F)c1. The standard InChI is InChI=1S/C14H20F3NO/c1-13(2,3)18-8-11-5-4-6-12(7-11)9-19-10-14(15,16)17/h4-7,18H,8-10H2,1-3H3. The fourth-order valence-corrected chi connectivity index (χ4v) is 1.48. The van der Waals surface area contributed by atoms with Crippen molar-refractivity contribution in [3.8, 4) is 0 Å². The first-order chi connectivity index (χ1) is 8.66. The van der Waals surface area contributed by atoms with Gasteiger partial charge >= 0.3 is 6.18 Å². The minimum Gasteiger partial charge on any atom is -0.367 e. The van der Waals surface area contributed by atoms with E-state index in [0.717, 1.165) is 11.1 Å². The highest BCUT2D eigenvalue weighted by Crippen LogP contribution is 2.16. The molecule has 0 radical (unpaired) electrons. The average Bonchev–Trinajstić information content (AvgIpc) is 2.24. The van der Waals surface area contributed by atoms with Crippen LogP contribution in [-0.4, -0.2) is 18.3 Å². The Bertz CT molecular complexity index is 396. The zero-order chi connectivity index (χ0) is 14.5. The van der Waals surface area contributed by atoms with Gasteiger partial charge in [-0.15, -0.1) is 0 Å². The van der Waals surface area contributed by atoms with Crippen LogP contribution >= 0.6 is 0 Å². The summed E-state index contributed by atoms with van der Waals surface area (Å²) in [6.07, 6.45) is -4.27. The fourth-order valence-electron chi connectivity index (χ4n) is 1.48. The summed E-state index contributed by atoms with van der Waals surface area (Å²) in [5, 5.41) is 3.32. The zero-order valence-electron chi connectivity index (χ0n) is 11.5. The molecule has 0 amide bonds. The number of alkyl halides is 3. The van der Waals surface area contributed by atoms with Crippen LogP contribution in [0.15, 0.2) is 24.3 Å². The van der Waals surface area contributed by atoms with Gasteiger partial charge in [-0.2, -0.15) is 13.2 Å². The van der Waals surface area contributed by atoms with Crippen molar-refractivity contribution in [1.82, 2.24) is 5.32 Å². The molecule has 1 N–H and O–H groups in total. The van der Waals surface area contributed by atoms with Crippen molar-refractivity contribution in [2.75, 3.05) is 6.61 Å². The van der Waals surface area contributed by atoms with Crippen LogP contribution < -0.4 is 5.32 Å². The van der Waals surface area contributed by atoms with Gasteiger partial charge in [-0.05, 0) is 31.9 Å². The van der Waals surface area contributed by atoms with Crippen LogP contribution in [0, 0.1) is 0 Å². The number of benzene rings is 1. The minimum atomic E-state index is -4.27. The predicted molar refractivity (Wildman–Crippen MR) is 68.7 cm³/mol. The van der Waals surface area contributed by atoms with Crippen LogP contribution in [0.5, 0.6) is 0 Å². The second-order valence-electron chi connectivity index (χ2n) is 5.53. The Balaban J connectivity index is 2.48. The molecule has 1 aromatic carbocycles. The van der Waals surface area contributed by atoms with Crippen LogP contribution in [0.4, 0.5) is 13.2 Å². The van der Waals surface area contributed by atoms with Crippen molar-refractivity contribution in [3.63, 3.8) is 0 Å². The van der Waals surface area contributed by atoms with E-state index in [0.29, 0.717) is 6.54 Å². The Hall–Kier alpha value is -1.07. The van der Waals surface area contributed by atoms with Gasteiger partial charge in [0, 0.05) is 12.1 Å². The minimum absolute atomic E-state index is 0.00277. The molecule has 0 heterocycles. The quantitative estimate of drug-likeness (QED) is 0.885. The van der Waals surface area contributed by atoms with Gasteiger partial charge in [-0.1, -0.05) is 24.3 Å². The Morgan fingerprint density at radius 3 is 2.32 bits per heavy atom.